The second-order valence-electron chi connectivity index (χ2n) is 13.1. The molecule has 0 unspecified atom stereocenters. The van der Waals surface area contributed by atoms with E-state index in [1.54, 1.807) is 0 Å². The summed E-state index contributed by atoms with van der Waals surface area (Å²) in [6, 6.07) is 38.9. The van der Waals surface area contributed by atoms with E-state index in [-0.39, 0.29) is 0 Å². The molecule has 8 rings (SSSR count). The number of benzene rings is 5. The van der Waals surface area contributed by atoms with Gasteiger partial charge in [-0.3, -0.25) is 9.55 Å². The summed E-state index contributed by atoms with van der Waals surface area (Å²) < 4.78 is 9.15. The van der Waals surface area contributed by atoms with E-state index < -0.39 is 0 Å². The normalized spacial score (nSPS) is 11.9. The first-order chi connectivity index (χ1) is 22.9. The van der Waals surface area contributed by atoms with E-state index in [0.717, 1.165) is 61.1 Å². The lowest BCUT2D eigenvalue weighted by atomic mass is 9.92. The van der Waals surface area contributed by atoms with Gasteiger partial charge in [0, 0.05) is 17.0 Å². The minimum absolute atomic E-state index is 0.326. The molecule has 3 heterocycles. The van der Waals surface area contributed by atoms with Crippen molar-refractivity contribution < 1.29 is 4.42 Å². The Kier molecular flexibility index (Phi) is 7.02. The first-order valence-electron chi connectivity index (χ1n) is 16.5. The summed E-state index contributed by atoms with van der Waals surface area (Å²) in [5.41, 5.74) is 14.1. The van der Waals surface area contributed by atoms with E-state index >= 15 is 0 Å². The van der Waals surface area contributed by atoms with Crippen LogP contribution < -0.4 is 0 Å². The minimum atomic E-state index is 0.326. The quantitative estimate of drug-likeness (QED) is 0.188. The Hall–Kier alpha value is -5.48. The summed E-state index contributed by atoms with van der Waals surface area (Å²) in [5, 5.41) is 2.17. The number of hydrogen-bond donors (Lipinski definition) is 0. The monoisotopic (exact) mass is 611 g/mol. The van der Waals surface area contributed by atoms with Crippen molar-refractivity contribution in [2.75, 3.05) is 0 Å². The van der Waals surface area contributed by atoms with Crippen LogP contribution in [0.25, 0.3) is 72.3 Å². The van der Waals surface area contributed by atoms with Crippen molar-refractivity contribution in [1.82, 2.24) is 14.5 Å². The maximum absolute atomic E-state index is 6.82. The Bertz CT molecular complexity index is 2400. The molecule has 0 aliphatic rings. The number of imidazole rings is 1. The summed E-state index contributed by atoms with van der Waals surface area (Å²) in [5.74, 6) is 1.52. The molecule has 3 aromatic heterocycles. The molecule has 4 nitrogen and oxygen atoms in total. The Morgan fingerprint density at radius 3 is 2.02 bits per heavy atom. The number of fused-ring (bicyclic) bond motifs is 4. The zero-order valence-electron chi connectivity index (χ0n) is 27.5. The zero-order valence-corrected chi connectivity index (χ0v) is 27.5. The fraction of sp³-hybridized carbons (Fsp3) is 0.163. The van der Waals surface area contributed by atoms with Crippen LogP contribution in [0.3, 0.4) is 0 Å². The number of hydrogen-bond acceptors (Lipinski definition) is 3. The summed E-state index contributed by atoms with van der Waals surface area (Å²) in [6.45, 7) is 11.1. The van der Waals surface area contributed by atoms with Gasteiger partial charge in [0.15, 0.2) is 0 Å². The molecule has 0 saturated heterocycles. The molecule has 0 N–H and O–H groups in total. The van der Waals surface area contributed by atoms with Crippen LogP contribution in [0.2, 0.25) is 0 Å². The molecule has 5 aromatic carbocycles. The molecule has 0 radical (unpaired) electrons. The van der Waals surface area contributed by atoms with Crippen LogP contribution in [0.4, 0.5) is 0 Å². The average Bonchev–Trinajstić information content (AvgIpc) is 3.67. The molecule has 0 aliphatic heterocycles. The third-order valence-corrected chi connectivity index (χ3v) is 9.36. The third-order valence-electron chi connectivity index (χ3n) is 9.36. The van der Waals surface area contributed by atoms with Gasteiger partial charge < -0.3 is 4.42 Å². The Morgan fingerprint density at radius 2 is 1.28 bits per heavy atom. The number of furan rings is 1. The SMILES string of the molecule is Cc1cncc2c1nc(-c1cccc3c1oc1cc(-c4cccc(-c5ccccc5)c4)ccc13)n2-c1c(C(C)C)cccc1C(C)C. The highest BCUT2D eigenvalue weighted by Gasteiger charge is 2.25. The Morgan fingerprint density at radius 1 is 0.617 bits per heavy atom. The van der Waals surface area contributed by atoms with E-state index in [4.69, 9.17) is 9.40 Å². The van der Waals surface area contributed by atoms with Gasteiger partial charge in [-0.1, -0.05) is 113 Å². The van der Waals surface area contributed by atoms with Gasteiger partial charge in [-0.15, -0.1) is 0 Å². The van der Waals surface area contributed by atoms with Gasteiger partial charge >= 0.3 is 0 Å². The highest BCUT2D eigenvalue weighted by molar-refractivity contribution is 6.10. The molecule has 0 amide bonds. The molecule has 0 fully saturated rings. The molecule has 0 saturated carbocycles. The molecular formula is C43H37N3O. The van der Waals surface area contributed by atoms with Gasteiger partial charge in [-0.2, -0.15) is 0 Å². The molecule has 0 bridgehead atoms. The predicted octanol–water partition coefficient (Wildman–Crippen LogP) is 11.9. The molecule has 0 atom stereocenters. The Labute approximate surface area is 275 Å². The van der Waals surface area contributed by atoms with Crippen molar-refractivity contribution >= 4 is 33.0 Å². The van der Waals surface area contributed by atoms with Crippen LogP contribution >= 0.6 is 0 Å². The van der Waals surface area contributed by atoms with Gasteiger partial charge in [-0.25, -0.2) is 4.98 Å². The van der Waals surface area contributed by atoms with E-state index in [1.807, 2.05) is 12.4 Å². The second-order valence-corrected chi connectivity index (χ2v) is 13.1. The van der Waals surface area contributed by atoms with E-state index in [2.05, 4.69) is 153 Å². The van der Waals surface area contributed by atoms with Gasteiger partial charge in [-0.05, 0) is 82.0 Å². The molecule has 8 aromatic rings. The molecular weight excluding hydrogens is 574 g/mol. The van der Waals surface area contributed by atoms with E-state index in [0.29, 0.717) is 11.8 Å². The fourth-order valence-electron chi connectivity index (χ4n) is 6.96. The fourth-order valence-corrected chi connectivity index (χ4v) is 6.96. The number of para-hydroxylation sites is 2. The van der Waals surface area contributed by atoms with Crippen molar-refractivity contribution in [3.8, 4) is 39.3 Å². The van der Waals surface area contributed by atoms with Crippen LogP contribution in [-0.4, -0.2) is 14.5 Å². The van der Waals surface area contributed by atoms with Gasteiger partial charge in [0.2, 0.25) is 0 Å². The number of aromatic nitrogens is 3. The van der Waals surface area contributed by atoms with Crippen LogP contribution in [0.15, 0.2) is 126 Å². The first kappa shape index (κ1) is 29.0. The van der Waals surface area contributed by atoms with E-state index in [9.17, 15) is 0 Å². The molecule has 0 aliphatic carbocycles. The third kappa shape index (κ3) is 4.83. The van der Waals surface area contributed by atoms with Crippen LogP contribution in [-0.2, 0) is 0 Å². The maximum atomic E-state index is 6.82. The Balaban J connectivity index is 1.36. The number of nitrogens with zero attached hydrogens (tertiary/aromatic N) is 3. The highest BCUT2D eigenvalue weighted by atomic mass is 16.3. The summed E-state index contributed by atoms with van der Waals surface area (Å²) in [7, 11) is 0. The van der Waals surface area contributed by atoms with Crippen LogP contribution in [0.5, 0.6) is 0 Å². The summed E-state index contributed by atoms with van der Waals surface area (Å²) in [6.07, 6.45) is 3.85. The predicted molar refractivity (Wildman–Crippen MR) is 195 cm³/mol. The molecule has 230 valence electrons. The molecule has 4 heteroatoms. The maximum Gasteiger partial charge on any atom is 0.149 e. The average molecular weight is 612 g/mol. The lowest BCUT2D eigenvalue weighted by Gasteiger charge is -2.22. The topological polar surface area (TPSA) is 43.9 Å². The highest BCUT2D eigenvalue weighted by Crippen LogP contribution is 2.42. The first-order valence-corrected chi connectivity index (χ1v) is 16.5. The zero-order chi connectivity index (χ0) is 32.2. The lowest BCUT2D eigenvalue weighted by molar-refractivity contribution is 0.669. The van der Waals surface area contributed by atoms with Crippen molar-refractivity contribution in [3.63, 3.8) is 0 Å². The van der Waals surface area contributed by atoms with Crippen molar-refractivity contribution in [3.05, 3.63) is 138 Å². The summed E-state index contributed by atoms with van der Waals surface area (Å²) in [4.78, 5) is 9.98. The van der Waals surface area contributed by atoms with Crippen LogP contribution in [0, 0.1) is 6.92 Å². The number of pyridine rings is 1. The number of rotatable bonds is 6. The van der Waals surface area contributed by atoms with Gasteiger partial charge in [0.25, 0.3) is 0 Å². The van der Waals surface area contributed by atoms with Crippen molar-refractivity contribution in [2.45, 2.75) is 46.5 Å². The molecule has 0 spiro atoms. The minimum Gasteiger partial charge on any atom is -0.455 e. The van der Waals surface area contributed by atoms with E-state index in [1.165, 1.54) is 27.9 Å². The smallest absolute Gasteiger partial charge is 0.149 e. The second kappa shape index (κ2) is 11.4. The standard InChI is InChI=1S/C43H37N3O/c1-26(2)33-16-10-17-34(27(3)4)41(33)46-38-25-44-24-28(5)40(38)45-43(46)37-19-11-18-36-35-21-20-32(23-39(35)47-42(36)37)31-15-9-14-30(22-31)29-12-7-6-8-13-29/h6-27H,1-5H3. The van der Waals surface area contributed by atoms with Crippen LogP contribution in [0.1, 0.15) is 56.2 Å². The van der Waals surface area contributed by atoms with Crippen molar-refractivity contribution in [1.29, 1.82) is 0 Å². The van der Waals surface area contributed by atoms with Crippen molar-refractivity contribution in [2.24, 2.45) is 0 Å². The number of aryl methyl sites for hydroxylation is 1. The van der Waals surface area contributed by atoms with Gasteiger partial charge in [0.05, 0.1) is 28.5 Å². The summed E-state index contributed by atoms with van der Waals surface area (Å²) >= 11 is 0. The molecule has 47 heavy (non-hydrogen) atoms. The lowest BCUT2D eigenvalue weighted by Crippen LogP contribution is -2.08. The van der Waals surface area contributed by atoms with Gasteiger partial charge in [0.1, 0.15) is 17.0 Å². The largest absolute Gasteiger partial charge is 0.455 e.